The Bertz CT molecular complexity index is 3340. The van der Waals surface area contributed by atoms with Crippen molar-refractivity contribution in [3.63, 3.8) is 0 Å². The van der Waals surface area contributed by atoms with Crippen molar-refractivity contribution in [3.05, 3.63) is 162 Å². The predicted octanol–water partition coefficient (Wildman–Crippen LogP) is 12.9. The maximum absolute atomic E-state index is 13.7. The summed E-state index contributed by atoms with van der Waals surface area (Å²) in [5.74, 6) is 4.19. The Hall–Kier alpha value is -8.93. The zero-order valence-electron chi connectivity index (χ0n) is 46.6. The first kappa shape index (κ1) is 65.6. The third-order valence-electron chi connectivity index (χ3n) is 11.0. The highest BCUT2D eigenvalue weighted by Gasteiger charge is 2.20. The fraction of sp³-hybridized carbons (Fsp3) is 0.203. The molecule has 2 aromatic heterocycles. The van der Waals surface area contributed by atoms with Crippen LogP contribution in [0.1, 0.15) is 36.7 Å². The van der Waals surface area contributed by atoms with E-state index in [4.69, 9.17) is 57.8 Å². The second-order valence-corrected chi connectivity index (χ2v) is 18.9. The summed E-state index contributed by atoms with van der Waals surface area (Å²) in [5, 5.41) is 3.16. The van der Waals surface area contributed by atoms with Crippen LogP contribution in [0.5, 0.6) is 57.5 Å². The molecule has 6 aromatic carbocycles. The SMILES string of the molecule is COC=Cc1cc(OC)ccc1OC.COc1ccc(OC)c(-c2cnc(N)s2)c1.COc1ccc(OC)c(-c2cnc(NC(=O)c3c(F)cccc3F)s2)c1.COc1ccc(OC)c(C(Br)C=O)c1.COc1ccc(OC)c(C=O)c1. The van der Waals surface area contributed by atoms with Gasteiger partial charge in [0.25, 0.3) is 5.91 Å². The predicted molar refractivity (Wildman–Crippen MR) is 318 cm³/mol. The number of aldehydes is 2. The number of benzene rings is 6. The first-order valence-electron chi connectivity index (χ1n) is 23.9. The highest BCUT2D eigenvalue weighted by molar-refractivity contribution is 9.09. The number of rotatable bonds is 19. The number of hydrogen-bond donors (Lipinski definition) is 2. The molecule has 1 unspecified atom stereocenters. The smallest absolute Gasteiger partial charge is 0.263 e. The van der Waals surface area contributed by atoms with E-state index in [9.17, 15) is 23.2 Å². The van der Waals surface area contributed by atoms with Crippen LogP contribution in [0.4, 0.5) is 19.0 Å². The van der Waals surface area contributed by atoms with Crippen molar-refractivity contribution < 1.29 is 75.3 Å². The van der Waals surface area contributed by atoms with Gasteiger partial charge in [0.05, 0.1) is 105 Å². The molecule has 1 amide bonds. The van der Waals surface area contributed by atoms with Crippen molar-refractivity contribution in [2.24, 2.45) is 0 Å². The molecule has 434 valence electrons. The third kappa shape index (κ3) is 18.8. The fourth-order valence-corrected chi connectivity index (χ4v) is 8.82. The van der Waals surface area contributed by atoms with Crippen molar-refractivity contribution in [2.75, 3.05) is 89.3 Å². The number of anilines is 2. The average molecular weight is 1230 g/mol. The number of ether oxygens (including phenoxy) is 11. The Morgan fingerprint density at radius 3 is 1.41 bits per heavy atom. The van der Waals surface area contributed by atoms with Gasteiger partial charge >= 0.3 is 0 Å². The first-order valence-corrected chi connectivity index (χ1v) is 26.5. The number of halogens is 3. The Morgan fingerprint density at radius 1 is 0.549 bits per heavy atom. The molecule has 8 rings (SSSR count). The number of nitrogen functional groups attached to an aromatic ring is 1. The molecule has 0 aliphatic carbocycles. The summed E-state index contributed by atoms with van der Waals surface area (Å²) < 4.78 is 83.6. The zero-order valence-corrected chi connectivity index (χ0v) is 49.8. The van der Waals surface area contributed by atoms with Gasteiger partial charge in [-0.2, -0.15) is 0 Å². The van der Waals surface area contributed by atoms with E-state index < -0.39 is 23.1 Å². The molecule has 0 saturated heterocycles. The Kier molecular flexibility index (Phi) is 27.4. The summed E-state index contributed by atoms with van der Waals surface area (Å²) in [7, 11) is 17.4. The van der Waals surface area contributed by atoms with Crippen LogP contribution >= 0.6 is 38.6 Å². The van der Waals surface area contributed by atoms with E-state index in [-0.39, 0.29) is 9.96 Å². The summed E-state index contributed by atoms with van der Waals surface area (Å²) in [6.45, 7) is 0. The van der Waals surface area contributed by atoms with Gasteiger partial charge < -0.3 is 62.6 Å². The van der Waals surface area contributed by atoms with E-state index >= 15 is 0 Å². The van der Waals surface area contributed by atoms with Crippen molar-refractivity contribution >= 4 is 73.4 Å². The summed E-state index contributed by atoms with van der Waals surface area (Å²) in [6.07, 6.45) is 8.23. The minimum absolute atomic E-state index is 0.206. The van der Waals surface area contributed by atoms with Crippen LogP contribution < -0.4 is 58.4 Å². The number of amides is 1. The van der Waals surface area contributed by atoms with Crippen molar-refractivity contribution in [1.29, 1.82) is 0 Å². The van der Waals surface area contributed by atoms with Gasteiger partial charge in [0.15, 0.2) is 16.5 Å². The summed E-state index contributed by atoms with van der Waals surface area (Å²) in [6, 6.07) is 30.1. The lowest BCUT2D eigenvalue weighted by molar-refractivity contribution is -0.107. The highest BCUT2D eigenvalue weighted by Crippen LogP contribution is 2.39. The monoisotopic (exact) mass is 1230 g/mol. The van der Waals surface area contributed by atoms with Crippen LogP contribution in [-0.2, 0) is 9.53 Å². The lowest BCUT2D eigenvalue weighted by Crippen LogP contribution is -2.15. The van der Waals surface area contributed by atoms with E-state index in [0.29, 0.717) is 50.1 Å². The second-order valence-electron chi connectivity index (χ2n) is 15.8. The van der Waals surface area contributed by atoms with E-state index in [1.54, 1.807) is 131 Å². The molecule has 0 bridgehead atoms. The summed E-state index contributed by atoms with van der Waals surface area (Å²) >= 11 is 5.80. The molecular weight excluding hydrogens is 1170 g/mol. The van der Waals surface area contributed by atoms with Gasteiger partial charge in [-0.1, -0.05) is 44.7 Å². The van der Waals surface area contributed by atoms with E-state index in [1.807, 2.05) is 42.5 Å². The molecule has 18 nitrogen and oxygen atoms in total. The topological polar surface area (TPSA) is 217 Å². The third-order valence-corrected chi connectivity index (χ3v) is 13.5. The standard InChI is InChI=1S/C18H14F2N2O3S.C11H12N2O2S.C11H14O3.C10H11BrO3.C9H10O3/c1-24-10-6-7-14(25-2)11(8-10)15-9-21-18(26-15)22-17(23)16-12(19)4-3-5-13(16)20;1-14-7-3-4-9(15-2)8(5-7)10-6-13-11(12)16-10;1-12-7-6-9-8-10(13-2)4-5-11(9)14-3;1-13-7-3-4-10(14-2)8(5-7)9(11)6-12;1-11-8-3-4-9(12-2)7(5-8)6-10/h3-9H,1-2H3,(H,21,22,23);3-6H,1-2H3,(H2,12,13);4-8H,1-3H3;3-6,9H,1-2H3;3-6H,1-2H3. The number of nitrogens with zero attached hydrogens (tertiary/aromatic N) is 2. The number of methoxy groups -OCH3 is 11. The van der Waals surface area contributed by atoms with Gasteiger partial charge in [-0.3, -0.25) is 14.9 Å². The van der Waals surface area contributed by atoms with Crippen molar-refractivity contribution in [2.45, 2.75) is 4.83 Å². The number of thiazole rings is 2. The lowest BCUT2D eigenvalue weighted by Gasteiger charge is -2.11. The lowest BCUT2D eigenvalue weighted by atomic mass is 10.1. The van der Waals surface area contributed by atoms with E-state index in [0.717, 1.165) is 86.2 Å². The molecule has 0 aliphatic heterocycles. The molecule has 1 atom stereocenters. The molecule has 0 fully saturated rings. The Labute approximate surface area is 490 Å². The zero-order chi connectivity index (χ0) is 60.1. The van der Waals surface area contributed by atoms with Crippen LogP contribution in [0.25, 0.3) is 27.0 Å². The van der Waals surface area contributed by atoms with E-state index in [1.165, 1.54) is 37.8 Å². The van der Waals surface area contributed by atoms with Crippen LogP contribution in [0.3, 0.4) is 0 Å². The fourth-order valence-electron chi connectivity index (χ4n) is 6.93. The summed E-state index contributed by atoms with van der Waals surface area (Å²) in [5.41, 5.74) is 8.82. The van der Waals surface area contributed by atoms with Gasteiger partial charge in [-0.25, -0.2) is 18.7 Å². The number of carbonyl (C=O) groups excluding carboxylic acids is 3. The minimum Gasteiger partial charge on any atom is -0.504 e. The van der Waals surface area contributed by atoms with Gasteiger partial charge in [0.1, 0.15) is 81.0 Å². The molecule has 23 heteroatoms. The van der Waals surface area contributed by atoms with Crippen molar-refractivity contribution in [1.82, 2.24) is 9.97 Å². The van der Waals surface area contributed by atoms with Crippen molar-refractivity contribution in [3.8, 4) is 78.4 Å². The number of aromatic nitrogens is 2. The number of carbonyl (C=O) groups is 3. The molecule has 2 heterocycles. The van der Waals surface area contributed by atoms with Crippen LogP contribution in [-0.4, -0.2) is 107 Å². The molecular formula is C59H61BrF2N4O14S2. The normalized spacial score (nSPS) is 10.4. The quantitative estimate of drug-likeness (QED) is 0.0437. The van der Waals surface area contributed by atoms with Crippen LogP contribution in [0, 0.1) is 11.6 Å². The van der Waals surface area contributed by atoms with E-state index in [2.05, 4.69) is 31.2 Å². The molecule has 0 spiro atoms. The number of hydrogen-bond acceptors (Lipinski definition) is 19. The molecule has 82 heavy (non-hydrogen) atoms. The van der Waals surface area contributed by atoms with Crippen LogP contribution in [0.15, 0.2) is 128 Å². The largest absolute Gasteiger partial charge is 0.504 e. The van der Waals surface area contributed by atoms with Gasteiger partial charge in [-0.15, -0.1) is 0 Å². The minimum atomic E-state index is -0.936. The maximum Gasteiger partial charge on any atom is 0.263 e. The average Bonchev–Trinajstić information content (AvgIpc) is 4.37. The number of nitrogens with one attached hydrogen (secondary N) is 1. The molecule has 8 aromatic rings. The molecule has 3 N–H and O–H groups in total. The summed E-state index contributed by atoms with van der Waals surface area (Å²) in [4.78, 5) is 42.7. The highest BCUT2D eigenvalue weighted by atomic mass is 79.9. The van der Waals surface area contributed by atoms with Gasteiger partial charge in [0.2, 0.25) is 0 Å². The van der Waals surface area contributed by atoms with Gasteiger partial charge in [0, 0.05) is 34.6 Å². The Balaban J connectivity index is 0.000000228. The van der Waals surface area contributed by atoms with Crippen LogP contribution in [0.2, 0.25) is 0 Å². The first-order chi connectivity index (χ1) is 39.6. The van der Waals surface area contributed by atoms with Gasteiger partial charge in [-0.05, 0) is 109 Å². The number of alkyl halides is 1. The number of nitrogens with two attached hydrogens (primary N) is 1. The maximum atomic E-state index is 13.7. The second kappa shape index (κ2) is 34.3. The molecule has 0 radical (unpaired) electrons. The molecule has 0 aliphatic rings. The Morgan fingerprint density at radius 2 is 0.976 bits per heavy atom. The molecule has 0 saturated carbocycles.